The van der Waals surface area contributed by atoms with Crippen molar-refractivity contribution in [3.8, 4) is 5.75 Å². The molecule has 0 bridgehead atoms. The van der Waals surface area contributed by atoms with Gasteiger partial charge in [0.1, 0.15) is 5.75 Å². The van der Waals surface area contributed by atoms with E-state index in [2.05, 4.69) is 51.8 Å². The quantitative estimate of drug-likeness (QED) is 0.799. The SMILES string of the molecule is COc1cc(C)cc(C)c1C(N)c1cc(Br)ccc1Br. The maximum absolute atomic E-state index is 6.48. The summed E-state index contributed by atoms with van der Waals surface area (Å²) in [6, 6.07) is 9.93. The summed E-state index contributed by atoms with van der Waals surface area (Å²) < 4.78 is 7.52. The van der Waals surface area contributed by atoms with E-state index in [0.717, 1.165) is 31.4 Å². The number of benzene rings is 2. The highest BCUT2D eigenvalue weighted by molar-refractivity contribution is 9.11. The first-order valence-electron chi connectivity index (χ1n) is 6.29. The van der Waals surface area contributed by atoms with E-state index in [0.29, 0.717) is 0 Å². The number of rotatable bonds is 3. The van der Waals surface area contributed by atoms with Crippen molar-refractivity contribution >= 4 is 31.9 Å². The minimum Gasteiger partial charge on any atom is -0.496 e. The van der Waals surface area contributed by atoms with Gasteiger partial charge in [0.2, 0.25) is 0 Å². The Bertz CT molecular complexity index is 641. The number of methoxy groups -OCH3 is 1. The van der Waals surface area contributed by atoms with Gasteiger partial charge in [-0.15, -0.1) is 0 Å². The van der Waals surface area contributed by atoms with Crippen LogP contribution in [0.1, 0.15) is 28.3 Å². The number of aryl methyl sites for hydroxylation is 2. The highest BCUT2D eigenvalue weighted by atomic mass is 79.9. The third kappa shape index (κ3) is 3.08. The topological polar surface area (TPSA) is 35.2 Å². The fraction of sp³-hybridized carbons (Fsp3) is 0.250. The minimum absolute atomic E-state index is 0.238. The summed E-state index contributed by atoms with van der Waals surface area (Å²) in [5, 5.41) is 0. The summed E-state index contributed by atoms with van der Waals surface area (Å²) >= 11 is 7.07. The Hall–Kier alpha value is -0.840. The average Bonchev–Trinajstić information content (AvgIpc) is 2.40. The molecule has 106 valence electrons. The second-order valence-electron chi connectivity index (χ2n) is 4.84. The van der Waals surface area contributed by atoms with E-state index in [-0.39, 0.29) is 6.04 Å². The molecular weight excluding hydrogens is 382 g/mol. The summed E-state index contributed by atoms with van der Waals surface area (Å²) in [6.45, 7) is 4.12. The van der Waals surface area contributed by atoms with Crippen LogP contribution in [0.15, 0.2) is 39.3 Å². The lowest BCUT2D eigenvalue weighted by atomic mass is 9.93. The van der Waals surface area contributed by atoms with E-state index in [9.17, 15) is 0 Å². The van der Waals surface area contributed by atoms with Crippen LogP contribution in [0, 0.1) is 13.8 Å². The van der Waals surface area contributed by atoms with Crippen molar-refractivity contribution < 1.29 is 4.74 Å². The van der Waals surface area contributed by atoms with Crippen LogP contribution in [0.4, 0.5) is 0 Å². The molecule has 0 radical (unpaired) electrons. The van der Waals surface area contributed by atoms with Gasteiger partial charge in [-0.2, -0.15) is 0 Å². The largest absolute Gasteiger partial charge is 0.496 e. The smallest absolute Gasteiger partial charge is 0.124 e. The average molecular weight is 399 g/mol. The van der Waals surface area contributed by atoms with Crippen molar-refractivity contribution in [1.29, 1.82) is 0 Å². The maximum Gasteiger partial charge on any atom is 0.124 e. The van der Waals surface area contributed by atoms with E-state index >= 15 is 0 Å². The Morgan fingerprint density at radius 3 is 2.45 bits per heavy atom. The fourth-order valence-electron chi connectivity index (χ4n) is 2.42. The Morgan fingerprint density at radius 2 is 1.80 bits per heavy atom. The van der Waals surface area contributed by atoms with Gasteiger partial charge in [0.25, 0.3) is 0 Å². The zero-order valence-electron chi connectivity index (χ0n) is 11.7. The standard InChI is InChI=1S/C16H17Br2NO/c1-9-6-10(2)15(14(7-9)20-3)16(19)12-8-11(17)4-5-13(12)18/h4-8,16H,19H2,1-3H3. The van der Waals surface area contributed by atoms with Crippen LogP contribution in [-0.2, 0) is 0 Å². The van der Waals surface area contributed by atoms with Gasteiger partial charge in [-0.3, -0.25) is 0 Å². The van der Waals surface area contributed by atoms with Crippen LogP contribution in [0.5, 0.6) is 5.75 Å². The van der Waals surface area contributed by atoms with Crippen LogP contribution in [0.2, 0.25) is 0 Å². The third-order valence-electron chi connectivity index (χ3n) is 3.32. The summed E-state index contributed by atoms with van der Waals surface area (Å²) in [4.78, 5) is 0. The van der Waals surface area contributed by atoms with Crippen LogP contribution >= 0.6 is 31.9 Å². The second kappa shape index (κ2) is 6.29. The van der Waals surface area contributed by atoms with E-state index < -0.39 is 0 Å². The lowest BCUT2D eigenvalue weighted by Gasteiger charge is -2.20. The zero-order chi connectivity index (χ0) is 14.9. The van der Waals surface area contributed by atoms with E-state index in [4.69, 9.17) is 10.5 Å². The molecule has 0 aliphatic carbocycles. The lowest BCUT2D eigenvalue weighted by Crippen LogP contribution is -2.15. The molecule has 0 heterocycles. The Balaban J connectivity index is 2.58. The maximum atomic E-state index is 6.48. The Morgan fingerprint density at radius 1 is 1.10 bits per heavy atom. The lowest BCUT2D eigenvalue weighted by molar-refractivity contribution is 0.407. The predicted octanol–water partition coefficient (Wildman–Crippen LogP) is 4.89. The van der Waals surface area contributed by atoms with Gasteiger partial charge in [0.15, 0.2) is 0 Å². The first kappa shape index (κ1) is 15.5. The van der Waals surface area contributed by atoms with Crippen LogP contribution in [-0.4, -0.2) is 7.11 Å². The molecule has 0 spiro atoms. The van der Waals surface area contributed by atoms with Crippen LogP contribution < -0.4 is 10.5 Å². The minimum atomic E-state index is -0.238. The number of nitrogens with two attached hydrogens (primary N) is 1. The van der Waals surface area contributed by atoms with Crippen LogP contribution in [0.25, 0.3) is 0 Å². The van der Waals surface area contributed by atoms with Crippen molar-refractivity contribution in [3.05, 3.63) is 61.5 Å². The molecule has 0 saturated carbocycles. The normalized spacial score (nSPS) is 12.3. The van der Waals surface area contributed by atoms with Gasteiger partial charge in [-0.1, -0.05) is 37.9 Å². The molecule has 1 atom stereocenters. The molecule has 2 aromatic carbocycles. The molecule has 0 aliphatic heterocycles. The number of hydrogen-bond donors (Lipinski definition) is 1. The van der Waals surface area contributed by atoms with E-state index in [1.165, 1.54) is 5.56 Å². The van der Waals surface area contributed by atoms with Crippen molar-refractivity contribution in [1.82, 2.24) is 0 Å². The molecule has 2 N–H and O–H groups in total. The van der Waals surface area contributed by atoms with Gasteiger partial charge in [0.05, 0.1) is 13.2 Å². The molecule has 0 aliphatic rings. The molecule has 2 aromatic rings. The Labute approximate surface area is 136 Å². The fourth-order valence-corrected chi connectivity index (χ4v) is 3.29. The molecule has 0 saturated heterocycles. The zero-order valence-corrected chi connectivity index (χ0v) is 14.9. The Kier molecular flexibility index (Phi) is 4.89. The van der Waals surface area contributed by atoms with E-state index in [1.54, 1.807) is 7.11 Å². The molecule has 2 rings (SSSR count). The van der Waals surface area contributed by atoms with Crippen LogP contribution in [0.3, 0.4) is 0 Å². The summed E-state index contributed by atoms with van der Waals surface area (Å²) in [7, 11) is 1.68. The molecule has 0 amide bonds. The number of ether oxygens (including phenoxy) is 1. The molecule has 0 fully saturated rings. The first-order valence-corrected chi connectivity index (χ1v) is 7.88. The van der Waals surface area contributed by atoms with Gasteiger partial charge in [0, 0.05) is 14.5 Å². The van der Waals surface area contributed by atoms with Crippen molar-refractivity contribution in [2.75, 3.05) is 7.11 Å². The van der Waals surface area contributed by atoms with Gasteiger partial charge in [-0.05, 0) is 54.8 Å². The van der Waals surface area contributed by atoms with Gasteiger partial charge >= 0.3 is 0 Å². The highest BCUT2D eigenvalue weighted by Crippen LogP contribution is 2.36. The summed E-state index contributed by atoms with van der Waals surface area (Å²) in [5.74, 6) is 0.835. The molecule has 20 heavy (non-hydrogen) atoms. The number of hydrogen-bond acceptors (Lipinski definition) is 2. The second-order valence-corrected chi connectivity index (χ2v) is 6.61. The molecule has 4 heteroatoms. The highest BCUT2D eigenvalue weighted by Gasteiger charge is 2.19. The molecular formula is C16H17Br2NO. The monoisotopic (exact) mass is 397 g/mol. The predicted molar refractivity (Wildman–Crippen MR) is 90.3 cm³/mol. The molecule has 0 aromatic heterocycles. The van der Waals surface area contributed by atoms with Crippen molar-refractivity contribution in [2.24, 2.45) is 5.73 Å². The first-order chi connectivity index (χ1) is 9.43. The summed E-state index contributed by atoms with van der Waals surface area (Å²) in [5.41, 5.74) is 10.8. The third-order valence-corrected chi connectivity index (χ3v) is 4.53. The van der Waals surface area contributed by atoms with Gasteiger partial charge in [-0.25, -0.2) is 0 Å². The summed E-state index contributed by atoms with van der Waals surface area (Å²) in [6.07, 6.45) is 0. The van der Waals surface area contributed by atoms with Crippen molar-refractivity contribution in [3.63, 3.8) is 0 Å². The number of halogens is 2. The molecule has 1 unspecified atom stereocenters. The van der Waals surface area contributed by atoms with E-state index in [1.807, 2.05) is 24.3 Å². The van der Waals surface area contributed by atoms with Crippen molar-refractivity contribution in [2.45, 2.75) is 19.9 Å². The van der Waals surface area contributed by atoms with Gasteiger partial charge < -0.3 is 10.5 Å². The molecule has 2 nitrogen and oxygen atoms in total.